The third-order valence-electron chi connectivity index (χ3n) is 4.03. The maximum absolute atomic E-state index is 13.1. The second-order valence-electron chi connectivity index (χ2n) is 5.88. The van der Waals surface area contributed by atoms with Gasteiger partial charge in [-0.05, 0) is 47.0 Å². The minimum Gasteiger partial charge on any atom is -0.391 e. The number of hydrogen-bond donors (Lipinski definition) is 2. The second kappa shape index (κ2) is 8.48. The van der Waals surface area contributed by atoms with Gasteiger partial charge in [0.25, 0.3) is 5.91 Å². The standard InChI is InChI=1S/C17H22FN5O2/c1-4-11(2)16(24)10-19-17(25)15(23-12(3)20-21-22-23)9-13-5-7-14(18)8-6-13/h5-9,11,16,24H,4,10H2,1-3H3,(H,19,25)/b15-9-. The van der Waals surface area contributed by atoms with E-state index in [4.69, 9.17) is 0 Å². The number of nitrogens with one attached hydrogen (secondary N) is 1. The largest absolute Gasteiger partial charge is 0.391 e. The zero-order valence-electron chi connectivity index (χ0n) is 14.5. The van der Waals surface area contributed by atoms with Crippen LogP contribution in [0.25, 0.3) is 11.8 Å². The second-order valence-corrected chi connectivity index (χ2v) is 5.88. The number of amides is 1. The molecule has 0 saturated carbocycles. The van der Waals surface area contributed by atoms with Gasteiger partial charge >= 0.3 is 0 Å². The Morgan fingerprint density at radius 1 is 1.40 bits per heavy atom. The van der Waals surface area contributed by atoms with E-state index in [1.807, 2.05) is 13.8 Å². The molecule has 7 nitrogen and oxygen atoms in total. The highest BCUT2D eigenvalue weighted by Gasteiger charge is 2.19. The summed E-state index contributed by atoms with van der Waals surface area (Å²) in [5, 5.41) is 23.9. The third-order valence-corrected chi connectivity index (χ3v) is 4.03. The summed E-state index contributed by atoms with van der Waals surface area (Å²) in [5.74, 6) is -0.286. The predicted octanol–water partition coefficient (Wildman–Crippen LogP) is 1.64. The van der Waals surface area contributed by atoms with Crippen LogP contribution in [0.5, 0.6) is 0 Å². The van der Waals surface area contributed by atoms with E-state index in [2.05, 4.69) is 20.8 Å². The van der Waals surface area contributed by atoms with Crippen molar-refractivity contribution in [3.63, 3.8) is 0 Å². The number of halogens is 1. The number of tetrazole rings is 1. The molecule has 25 heavy (non-hydrogen) atoms. The molecule has 2 aromatic rings. The molecule has 0 aliphatic heterocycles. The highest BCUT2D eigenvalue weighted by Crippen LogP contribution is 2.13. The number of aromatic nitrogens is 4. The van der Waals surface area contributed by atoms with Gasteiger partial charge in [-0.15, -0.1) is 5.10 Å². The molecular formula is C17H22FN5O2. The molecule has 2 unspecified atom stereocenters. The van der Waals surface area contributed by atoms with Crippen LogP contribution in [0.3, 0.4) is 0 Å². The number of nitrogens with zero attached hydrogens (tertiary/aromatic N) is 4. The Labute approximate surface area is 145 Å². The first-order valence-electron chi connectivity index (χ1n) is 8.11. The molecule has 0 radical (unpaired) electrons. The van der Waals surface area contributed by atoms with Gasteiger partial charge in [0.15, 0.2) is 5.82 Å². The topological polar surface area (TPSA) is 92.9 Å². The van der Waals surface area contributed by atoms with Crippen LogP contribution in [0.2, 0.25) is 0 Å². The van der Waals surface area contributed by atoms with Crippen molar-refractivity contribution in [3.8, 4) is 0 Å². The van der Waals surface area contributed by atoms with E-state index >= 15 is 0 Å². The summed E-state index contributed by atoms with van der Waals surface area (Å²) in [5.41, 5.74) is 0.814. The SMILES string of the molecule is CCC(C)C(O)CNC(=O)/C(=C/c1ccc(F)cc1)n1nnnc1C. The zero-order valence-corrected chi connectivity index (χ0v) is 14.5. The fourth-order valence-corrected chi connectivity index (χ4v) is 2.16. The quantitative estimate of drug-likeness (QED) is 0.743. The van der Waals surface area contributed by atoms with Gasteiger partial charge in [0.2, 0.25) is 0 Å². The Bertz CT molecular complexity index is 742. The van der Waals surface area contributed by atoms with E-state index in [1.54, 1.807) is 25.1 Å². The summed E-state index contributed by atoms with van der Waals surface area (Å²) in [6, 6.07) is 5.72. The Kier molecular flexibility index (Phi) is 6.35. The molecule has 1 heterocycles. The number of benzene rings is 1. The number of aliphatic hydroxyl groups excluding tert-OH is 1. The molecular weight excluding hydrogens is 325 g/mol. The van der Waals surface area contributed by atoms with Crippen molar-refractivity contribution < 1.29 is 14.3 Å². The summed E-state index contributed by atoms with van der Waals surface area (Å²) in [6.45, 7) is 5.67. The molecule has 0 bridgehead atoms. The van der Waals surface area contributed by atoms with E-state index < -0.39 is 12.0 Å². The fraction of sp³-hybridized carbons (Fsp3) is 0.412. The molecule has 1 amide bonds. The molecule has 0 aliphatic carbocycles. The lowest BCUT2D eigenvalue weighted by Gasteiger charge is -2.18. The van der Waals surface area contributed by atoms with E-state index in [9.17, 15) is 14.3 Å². The maximum atomic E-state index is 13.1. The molecule has 0 spiro atoms. The van der Waals surface area contributed by atoms with Gasteiger partial charge in [-0.25, -0.2) is 4.39 Å². The van der Waals surface area contributed by atoms with Crippen molar-refractivity contribution >= 4 is 17.7 Å². The number of aryl methyl sites for hydroxylation is 1. The van der Waals surface area contributed by atoms with Crippen LogP contribution in [0.1, 0.15) is 31.7 Å². The van der Waals surface area contributed by atoms with Crippen molar-refractivity contribution in [2.75, 3.05) is 6.54 Å². The van der Waals surface area contributed by atoms with E-state index in [0.717, 1.165) is 6.42 Å². The molecule has 1 aromatic heterocycles. The first-order chi connectivity index (χ1) is 11.9. The molecule has 8 heteroatoms. The van der Waals surface area contributed by atoms with Gasteiger partial charge in [-0.1, -0.05) is 32.4 Å². The van der Waals surface area contributed by atoms with Crippen LogP contribution < -0.4 is 5.32 Å². The first kappa shape index (κ1) is 18.7. The van der Waals surface area contributed by atoms with Crippen LogP contribution in [-0.2, 0) is 4.79 Å². The number of carbonyl (C=O) groups excluding carboxylic acids is 1. The molecule has 134 valence electrons. The zero-order chi connectivity index (χ0) is 18.4. The normalized spacial score (nSPS) is 14.2. The van der Waals surface area contributed by atoms with Crippen LogP contribution >= 0.6 is 0 Å². The molecule has 2 atom stereocenters. The predicted molar refractivity (Wildman–Crippen MR) is 91.6 cm³/mol. The van der Waals surface area contributed by atoms with E-state index in [1.165, 1.54) is 16.8 Å². The number of hydrogen-bond acceptors (Lipinski definition) is 5. The lowest BCUT2D eigenvalue weighted by atomic mass is 10.0. The van der Waals surface area contributed by atoms with Crippen molar-refractivity contribution in [2.24, 2.45) is 5.92 Å². The fourth-order valence-electron chi connectivity index (χ4n) is 2.16. The summed E-state index contributed by atoms with van der Waals surface area (Å²) < 4.78 is 14.4. The number of carbonyl (C=O) groups is 1. The number of rotatable bonds is 7. The van der Waals surface area contributed by atoms with Gasteiger partial charge in [0.05, 0.1) is 6.10 Å². The summed E-state index contributed by atoms with van der Waals surface area (Å²) in [7, 11) is 0. The van der Waals surface area contributed by atoms with Gasteiger partial charge < -0.3 is 10.4 Å². The molecule has 0 aliphatic rings. The first-order valence-corrected chi connectivity index (χ1v) is 8.11. The smallest absolute Gasteiger partial charge is 0.270 e. The molecule has 2 rings (SSSR count). The van der Waals surface area contributed by atoms with Gasteiger partial charge in [-0.3, -0.25) is 4.79 Å². The van der Waals surface area contributed by atoms with Crippen LogP contribution in [0.15, 0.2) is 24.3 Å². The molecule has 2 N–H and O–H groups in total. The average Bonchev–Trinajstić information content (AvgIpc) is 3.03. The minimum absolute atomic E-state index is 0.0691. The summed E-state index contributed by atoms with van der Waals surface area (Å²) in [4.78, 5) is 12.6. The van der Waals surface area contributed by atoms with Gasteiger partial charge in [0.1, 0.15) is 11.5 Å². The highest BCUT2D eigenvalue weighted by molar-refractivity contribution is 6.18. The molecule has 1 aromatic carbocycles. The lowest BCUT2D eigenvalue weighted by molar-refractivity contribution is -0.116. The Balaban J connectivity index is 2.25. The lowest BCUT2D eigenvalue weighted by Crippen LogP contribution is -2.36. The Morgan fingerprint density at radius 2 is 2.08 bits per heavy atom. The van der Waals surface area contributed by atoms with E-state index in [-0.39, 0.29) is 24.0 Å². The van der Waals surface area contributed by atoms with Gasteiger partial charge in [0, 0.05) is 6.54 Å². The Hall–Kier alpha value is -2.61. The third kappa shape index (κ3) is 4.93. The van der Waals surface area contributed by atoms with Crippen LogP contribution in [0, 0.1) is 18.7 Å². The van der Waals surface area contributed by atoms with Crippen LogP contribution in [-0.4, -0.2) is 43.9 Å². The minimum atomic E-state index is -0.643. The van der Waals surface area contributed by atoms with Crippen molar-refractivity contribution in [2.45, 2.75) is 33.3 Å². The monoisotopic (exact) mass is 347 g/mol. The van der Waals surface area contributed by atoms with Crippen molar-refractivity contribution in [1.29, 1.82) is 0 Å². The van der Waals surface area contributed by atoms with Crippen molar-refractivity contribution in [1.82, 2.24) is 25.5 Å². The molecule has 0 fully saturated rings. The van der Waals surface area contributed by atoms with Gasteiger partial charge in [-0.2, -0.15) is 4.68 Å². The average molecular weight is 347 g/mol. The number of aliphatic hydroxyl groups is 1. The molecule has 0 saturated heterocycles. The van der Waals surface area contributed by atoms with Crippen LogP contribution in [0.4, 0.5) is 4.39 Å². The van der Waals surface area contributed by atoms with Crippen molar-refractivity contribution in [3.05, 3.63) is 41.5 Å². The summed E-state index contributed by atoms with van der Waals surface area (Å²) in [6.07, 6.45) is 1.73. The highest BCUT2D eigenvalue weighted by atomic mass is 19.1. The summed E-state index contributed by atoms with van der Waals surface area (Å²) >= 11 is 0. The van der Waals surface area contributed by atoms with E-state index in [0.29, 0.717) is 11.4 Å². The maximum Gasteiger partial charge on any atom is 0.270 e. The Morgan fingerprint density at radius 3 is 2.64 bits per heavy atom.